The van der Waals surface area contributed by atoms with Gasteiger partial charge in [0.25, 0.3) is 0 Å². The molecule has 1 aromatic carbocycles. The summed E-state index contributed by atoms with van der Waals surface area (Å²) in [7, 11) is 0. The van der Waals surface area contributed by atoms with E-state index in [0.717, 1.165) is 16.5 Å². The van der Waals surface area contributed by atoms with Gasteiger partial charge in [-0.05, 0) is 23.6 Å². The van der Waals surface area contributed by atoms with Crippen LogP contribution in [0, 0.1) is 10.1 Å². The molecule has 88 valence electrons. The monoisotopic (exact) mass is 240 g/mol. The van der Waals surface area contributed by atoms with Gasteiger partial charge in [-0.15, -0.1) is 0 Å². The summed E-state index contributed by atoms with van der Waals surface area (Å²) in [6, 6.07) is 7.55. The molecule has 6 heteroatoms. The maximum atomic E-state index is 10.6. The highest BCUT2D eigenvalue weighted by Crippen LogP contribution is 2.18. The number of fused-ring (bicyclic) bond motifs is 1. The molecule has 3 aromatic rings. The van der Waals surface area contributed by atoms with Crippen molar-refractivity contribution in [3.8, 4) is 5.69 Å². The van der Waals surface area contributed by atoms with E-state index in [0.29, 0.717) is 0 Å². The predicted molar refractivity (Wildman–Crippen MR) is 65.5 cm³/mol. The Labute approximate surface area is 102 Å². The molecule has 18 heavy (non-hydrogen) atoms. The van der Waals surface area contributed by atoms with Crippen LogP contribution >= 0.6 is 0 Å². The number of nitrogens with zero attached hydrogens (tertiary/aromatic N) is 4. The van der Waals surface area contributed by atoms with E-state index < -0.39 is 4.92 Å². The van der Waals surface area contributed by atoms with Crippen molar-refractivity contribution in [1.29, 1.82) is 0 Å². The van der Waals surface area contributed by atoms with Gasteiger partial charge in [-0.1, -0.05) is 6.07 Å². The number of nitro groups is 1. The zero-order valence-electron chi connectivity index (χ0n) is 9.22. The van der Waals surface area contributed by atoms with Gasteiger partial charge in [0.05, 0.1) is 10.6 Å². The van der Waals surface area contributed by atoms with Gasteiger partial charge in [0.1, 0.15) is 12.4 Å². The average molecular weight is 240 g/mol. The van der Waals surface area contributed by atoms with Crippen LogP contribution in [0.4, 0.5) is 5.69 Å². The molecular weight excluding hydrogens is 232 g/mol. The Bertz CT molecular complexity index is 736. The first-order chi connectivity index (χ1) is 8.74. The Morgan fingerprint density at radius 1 is 1.17 bits per heavy atom. The van der Waals surface area contributed by atoms with Gasteiger partial charge in [0, 0.05) is 17.8 Å². The van der Waals surface area contributed by atoms with Crippen molar-refractivity contribution in [2.45, 2.75) is 0 Å². The third-order valence-electron chi connectivity index (χ3n) is 2.67. The van der Waals surface area contributed by atoms with Crippen LogP contribution in [0.3, 0.4) is 0 Å². The number of rotatable bonds is 2. The molecule has 2 aromatic heterocycles. The van der Waals surface area contributed by atoms with Crippen molar-refractivity contribution in [2.24, 2.45) is 0 Å². The number of pyridine rings is 1. The van der Waals surface area contributed by atoms with Crippen LogP contribution in [-0.4, -0.2) is 19.7 Å². The zero-order valence-corrected chi connectivity index (χ0v) is 9.22. The van der Waals surface area contributed by atoms with Gasteiger partial charge in [0.15, 0.2) is 0 Å². The fourth-order valence-corrected chi connectivity index (χ4v) is 1.76. The molecule has 0 amide bonds. The smallest absolute Gasteiger partial charge is 0.264 e. The lowest BCUT2D eigenvalue weighted by molar-refractivity contribution is -0.384. The van der Waals surface area contributed by atoms with Crippen LogP contribution in [0.15, 0.2) is 49.1 Å². The molecule has 0 aliphatic carbocycles. The van der Waals surface area contributed by atoms with E-state index in [4.69, 9.17) is 0 Å². The average Bonchev–Trinajstić information content (AvgIpc) is 2.88. The summed E-state index contributed by atoms with van der Waals surface area (Å²) >= 11 is 0. The lowest BCUT2D eigenvalue weighted by Crippen LogP contribution is -1.94. The molecule has 3 rings (SSSR count). The van der Waals surface area contributed by atoms with Gasteiger partial charge in [-0.25, -0.2) is 4.68 Å². The number of hydrogen-bond donors (Lipinski definition) is 0. The summed E-state index contributed by atoms with van der Waals surface area (Å²) < 4.78 is 1.48. The standard InChI is InChI=1S/C12H8N4O2/c17-16(18)12-7-14-15(8-12)11-2-1-10-6-13-4-3-9(10)5-11/h1-8H. The maximum Gasteiger partial charge on any atom is 0.307 e. The molecule has 0 saturated heterocycles. The van der Waals surface area contributed by atoms with Crippen LogP contribution in [-0.2, 0) is 0 Å². The summed E-state index contributed by atoms with van der Waals surface area (Å²) in [6.45, 7) is 0. The molecule has 0 N–H and O–H groups in total. The lowest BCUT2D eigenvalue weighted by atomic mass is 10.1. The predicted octanol–water partition coefficient (Wildman–Crippen LogP) is 2.33. The van der Waals surface area contributed by atoms with Crippen molar-refractivity contribution < 1.29 is 4.92 Å². The normalized spacial score (nSPS) is 10.7. The number of aromatic nitrogens is 3. The van der Waals surface area contributed by atoms with Gasteiger partial charge < -0.3 is 0 Å². The Kier molecular flexibility index (Phi) is 2.26. The summed E-state index contributed by atoms with van der Waals surface area (Å²) in [4.78, 5) is 14.2. The molecule has 2 heterocycles. The fraction of sp³-hybridized carbons (Fsp3) is 0. The van der Waals surface area contributed by atoms with Crippen molar-refractivity contribution >= 4 is 16.5 Å². The molecule has 0 saturated carbocycles. The van der Waals surface area contributed by atoms with Crippen LogP contribution in [0.5, 0.6) is 0 Å². The van der Waals surface area contributed by atoms with E-state index in [1.807, 2.05) is 24.3 Å². The van der Waals surface area contributed by atoms with E-state index >= 15 is 0 Å². The second-order valence-corrected chi connectivity index (χ2v) is 3.81. The molecule has 0 radical (unpaired) electrons. The van der Waals surface area contributed by atoms with Crippen molar-refractivity contribution in [2.75, 3.05) is 0 Å². The van der Waals surface area contributed by atoms with Crippen LogP contribution in [0.25, 0.3) is 16.5 Å². The second-order valence-electron chi connectivity index (χ2n) is 3.81. The first-order valence-corrected chi connectivity index (χ1v) is 5.27. The minimum atomic E-state index is -0.464. The Morgan fingerprint density at radius 2 is 2.06 bits per heavy atom. The van der Waals surface area contributed by atoms with Gasteiger partial charge in [0.2, 0.25) is 0 Å². The topological polar surface area (TPSA) is 73.8 Å². The molecule has 0 unspecified atom stereocenters. The van der Waals surface area contributed by atoms with Crippen LogP contribution in [0.2, 0.25) is 0 Å². The van der Waals surface area contributed by atoms with Gasteiger partial charge in [-0.2, -0.15) is 5.10 Å². The highest BCUT2D eigenvalue weighted by atomic mass is 16.6. The third-order valence-corrected chi connectivity index (χ3v) is 2.67. The summed E-state index contributed by atoms with van der Waals surface area (Å²) in [5.74, 6) is 0. The largest absolute Gasteiger partial charge is 0.307 e. The van der Waals surface area contributed by atoms with Gasteiger partial charge in [-0.3, -0.25) is 15.1 Å². The molecule has 0 fully saturated rings. The Balaban J connectivity index is 2.10. The first-order valence-electron chi connectivity index (χ1n) is 5.27. The molecule has 0 spiro atoms. The third kappa shape index (κ3) is 1.69. The van der Waals surface area contributed by atoms with E-state index in [-0.39, 0.29) is 5.69 Å². The lowest BCUT2D eigenvalue weighted by Gasteiger charge is -2.02. The molecule has 0 atom stereocenters. The quantitative estimate of drug-likeness (QED) is 0.509. The summed E-state index contributed by atoms with van der Waals surface area (Å²) in [5, 5.41) is 16.6. The highest BCUT2D eigenvalue weighted by Gasteiger charge is 2.09. The Hall–Kier alpha value is -2.76. The van der Waals surface area contributed by atoms with E-state index in [1.165, 1.54) is 17.1 Å². The minimum Gasteiger partial charge on any atom is -0.264 e. The zero-order chi connectivity index (χ0) is 12.5. The summed E-state index contributed by atoms with van der Waals surface area (Å²) in [6.07, 6.45) is 6.10. The molecule has 0 aliphatic heterocycles. The first kappa shape index (κ1) is 10.4. The second kappa shape index (κ2) is 3.92. The SMILES string of the molecule is O=[N+]([O-])c1cnn(-c2ccc3cnccc3c2)c1. The minimum absolute atomic E-state index is 0.0233. The molecule has 0 bridgehead atoms. The summed E-state index contributed by atoms with van der Waals surface area (Å²) in [5.41, 5.74) is 0.756. The Morgan fingerprint density at radius 3 is 2.83 bits per heavy atom. The van der Waals surface area contributed by atoms with Crippen molar-refractivity contribution in [3.05, 3.63) is 59.2 Å². The van der Waals surface area contributed by atoms with E-state index in [1.54, 1.807) is 12.4 Å². The van der Waals surface area contributed by atoms with Crippen molar-refractivity contribution in [3.63, 3.8) is 0 Å². The van der Waals surface area contributed by atoms with E-state index in [9.17, 15) is 10.1 Å². The van der Waals surface area contributed by atoms with Gasteiger partial charge >= 0.3 is 5.69 Å². The number of hydrogen-bond acceptors (Lipinski definition) is 4. The van der Waals surface area contributed by atoms with Crippen LogP contribution in [0.1, 0.15) is 0 Å². The number of benzene rings is 1. The van der Waals surface area contributed by atoms with Crippen LogP contribution < -0.4 is 0 Å². The highest BCUT2D eigenvalue weighted by molar-refractivity contribution is 5.83. The molecule has 6 nitrogen and oxygen atoms in total. The molecule has 0 aliphatic rings. The van der Waals surface area contributed by atoms with E-state index in [2.05, 4.69) is 10.1 Å². The maximum absolute atomic E-state index is 10.6. The fourth-order valence-electron chi connectivity index (χ4n) is 1.76. The molecular formula is C12H8N4O2. The van der Waals surface area contributed by atoms with Crippen molar-refractivity contribution in [1.82, 2.24) is 14.8 Å².